The maximum atomic E-state index is 6.08. The quantitative estimate of drug-likeness (QED) is 0.790. The molecule has 0 radical (unpaired) electrons. The van der Waals surface area contributed by atoms with Gasteiger partial charge >= 0.3 is 0 Å². The lowest BCUT2D eigenvalue weighted by atomic mass is 9.96. The minimum absolute atomic E-state index is 0.169. The number of nitrogens with zero attached hydrogens (tertiary/aromatic N) is 2. The molecule has 2 N–H and O–H groups in total. The van der Waals surface area contributed by atoms with Gasteiger partial charge in [-0.2, -0.15) is 4.98 Å². The van der Waals surface area contributed by atoms with Crippen molar-refractivity contribution in [3.05, 3.63) is 29.0 Å². The number of benzene rings is 1. The predicted molar refractivity (Wildman–Crippen MR) is 67.9 cm³/mol. The first kappa shape index (κ1) is 11.9. The van der Waals surface area contributed by atoms with Crippen LogP contribution in [0.4, 0.5) is 5.69 Å². The van der Waals surface area contributed by atoms with Crippen molar-refractivity contribution in [2.45, 2.75) is 26.2 Å². The van der Waals surface area contributed by atoms with E-state index in [0.717, 1.165) is 0 Å². The number of halogens is 1. The van der Waals surface area contributed by atoms with Crippen LogP contribution >= 0.6 is 11.6 Å². The van der Waals surface area contributed by atoms with Crippen LogP contribution in [0.15, 0.2) is 22.7 Å². The van der Waals surface area contributed by atoms with Gasteiger partial charge in [0.1, 0.15) is 0 Å². The average Bonchev–Trinajstić information content (AvgIpc) is 2.65. The van der Waals surface area contributed by atoms with Gasteiger partial charge < -0.3 is 10.3 Å². The monoisotopic (exact) mass is 251 g/mol. The molecule has 0 saturated carbocycles. The van der Waals surface area contributed by atoms with E-state index in [9.17, 15) is 0 Å². The number of anilines is 1. The van der Waals surface area contributed by atoms with E-state index in [-0.39, 0.29) is 5.41 Å². The summed E-state index contributed by atoms with van der Waals surface area (Å²) in [4.78, 5) is 4.33. The van der Waals surface area contributed by atoms with Crippen molar-refractivity contribution in [3.63, 3.8) is 0 Å². The van der Waals surface area contributed by atoms with Gasteiger partial charge in [-0.05, 0) is 12.1 Å². The topological polar surface area (TPSA) is 64.9 Å². The largest absolute Gasteiger partial charge is 0.398 e. The molecule has 4 nitrogen and oxygen atoms in total. The van der Waals surface area contributed by atoms with Crippen molar-refractivity contribution in [1.82, 2.24) is 10.1 Å². The molecule has 1 heterocycles. The van der Waals surface area contributed by atoms with Crippen molar-refractivity contribution in [2.75, 3.05) is 5.73 Å². The third-order valence-electron chi connectivity index (χ3n) is 2.36. The van der Waals surface area contributed by atoms with Gasteiger partial charge in [0.05, 0.1) is 10.6 Å². The number of hydrogen-bond acceptors (Lipinski definition) is 4. The maximum absolute atomic E-state index is 6.08. The Labute approximate surface area is 105 Å². The van der Waals surface area contributed by atoms with Crippen LogP contribution in [0, 0.1) is 0 Å². The second-order valence-electron chi connectivity index (χ2n) is 4.88. The fourth-order valence-electron chi connectivity index (χ4n) is 1.40. The zero-order chi connectivity index (χ0) is 12.6. The first-order valence-corrected chi connectivity index (χ1v) is 5.66. The third-order valence-corrected chi connectivity index (χ3v) is 2.67. The molecule has 0 aliphatic carbocycles. The molecule has 0 saturated heterocycles. The molecule has 0 bridgehead atoms. The summed E-state index contributed by atoms with van der Waals surface area (Å²) < 4.78 is 5.21. The van der Waals surface area contributed by atoms with Crippen LogP contribution in [-0.2, 0) is 5.41 Å². The molecule has 0 spiro atoms. The number of nitrogen functional groups attached to an aromatic ring is 1. The van der Waals surface area contributed by atoms with Crippen molar-refractivity contribution in [2.24, 2.45) is 0 Å². The second kappa shape index (κ2) is 4.04. The van der Waals surface area contributed by atoms with Gasteiger partial charge in [-0.25, -0.2) is 0 Å². The van der Waals surface area contributed by atoms with Crippen LogP contribution in [0.1, 0.15) is 26.6 Å². The minimum Gasteiger partial charge on any atom is -0.398 e. The van der Waals surface area contributed by atoms with Crippen molar-refractivity contribution in [3.8, 4) is 11.5 Å². The van der Waals surface area contributed by atoms with E-state index in [0.29, 0.717) is 28.0 Å². The molecule has 2 rings (SSSR count). The summed E-state index contributed by atoms with van der Waals surface area (Å²) in [5.41, 5.74) is 6.81. The van der Waals surface area contributed by atoms with Gasteiger partial charge in [0.15, 0.2) is 5.82 Å². The van der Waals surface area contributed by atoms with Gasteiger partial charge in [0, 0.05) is 11.1 Å². The number of aromatic nitrogens is 2. The van der Waals surface area contributed by atoms with Gasteiger partial charge in [-0.15, -0.1) is 0 Å². The highest BCUT2D eigenvalue weighted by Gasteiger charge is 2.23. The SMILES string of the molecule is CC(C)(C)c1noc(-c2c(N)cccc2Cl)n1. The summed E-state index contributed by atoms with van der Waals surface area (Å²) in [5.74, 6) is 0.991. The van der Waals surface area contributed by atoms with Crippen LogP contribution < -0.4 is 5.73 Å². The Kier molecular flexibility index (Phi) is 2.83. The Balaban J connectivity index is 2.51. The molecule has 17 heavy (non-hydrogen) atoms. The molecule has 2 aromatic rings. The summed E-state index contributed by atoms with van der Waals surface area (Å²) >= 11 is 6.08. The lowest BCUT2D eigenvalue weighted by Crippen LogP contribution is -2.13. The molecule has 0 aliphatic rings. The van der Waals surface area contributed by atoms with E-state index in [1.165, 1.54) is 0 Å². The standard InChI is InChI=1S/C12H14ClN3O/c1-12(2,3)11-15-10(17-16-11)9-7(13)5-4-6-8(9)14/h4-6H,14H2,1-3H3. The van der Waals surface area contributed by atoms with E-state index in [2.05, 4.69) is 10.1 Å². The zero-order valence-electron chi connectivity index (χ0n) is 9.99. The van der Waals surface area contributed by atoms with Crippen LogP contribution in [-0.4, -0.2) is 10.1 Å². The molecule has 0 unspecified atom stereocenters. The summed E-state index contributed by atoms with van der Waals surface area (Å²) in [6, 6.07) is 5.28. The molecule has 0 fully saturated rings. The normalized spacial score (nSPS) is 11.8. The molecule has 90 valence electrons. The van der Waals surface area contributed by atoms with Gasteiger partial charge in [-0.1, -0.05) is 43.6 Å². The molecule has 0 atom stereocenters. The first-order valence-electron chi connectivity index (χ1n) is 5.28. The Morgan fingerprint density at radius 1 is 1.29 bits per heavy atom. The van der Waals surface area contributed by atoms with E-state index in [4.69, 9.17) is 21.9 Å². The Morgan fingerprint density at radius 2 is 2.00 bits per heavy atom. The number of rotatable bonds is 1. The summed E-state index contributed by atoms with van der Waals surface area (Å²) in [6.07, 6.45) is 0. The Bertz CT molecular complexity index is 523. The fourth-order valence-corrected chi connectivity index (χ4v) is 1.66. The van der Waals surface area contributed by atoms with Crippen molar-refractivity contribution >= 4 is 17.3 Å². The molecule has 0 aliphatic heterocycles. The number of hydrogen-bond donors (Lipinski definition) is 1. The van der Waals surface area contributed by atoms with Crippen LogP contribution in [0.2, 0.25) is 5.02 Å². The highest BCUT2D eigenvalue weighted by Crippen LogP contribution is 2.33. The lowest BCUT2D eigenvalue weighted by molar-refractivity contribution is 0.402. The maximum Gasteiger partial charge on any atom is 0.261 e. The van der Waals surface area contributed by atoms with Gasteiger partial charge in [-0.3, -0.25) is 0 Å². The van der Waals surface area contributed by atoms with Crippen LogP contribution in [0.5, 0.6) is 0 Å². The van der Waals surface area contributed by atoms with E-state index in [1.54, 1.807) is 18.2 Å². The second-order valence-corrected chi connectivity index (χ2v) is 5.28. The van der Waals surface area contributed by atoms with Crippen LogP contribution in [0.25, 0.3) is 11.5 Å². The highest BCUT2D eigenvalue weighted by molar-refractivity contribution is 6.33. The summed E-state index contributed by atoms with van der Waals surface area (Å²) in [7, 11) is 0. The number of nitrogens with two attached hydrogens (primary N) is 1. The summed E-state index contributed by atoms with van der Waals surface area (Å²) in [5, 5.41) is 4.45. The fraction of sp³-hybridized carbons (Fsp3) is 0.333. The highest BCUT2D eigenvalue weighted by atomic mass is 35.5. The van der Waals surface area contributed by atoms with Gasteiger partial charge in [0.25, 0.3) is 5.89 Å². The smallest absolute Gasteiger partial charge is 0.261 e. The first-order chi connectivity index (χ1) is 7.89. The third kappa shape index (κ3) is 2.26. The molecule has 1 aromatic heterocycles. The molecule has 1 aromatic carbocycles. The van der Waals surface area contributed by atoms with Crippen LogP contribution in [0.3, 0.4) is 0 Å². The lowest BCUT2D eigenvalue weighted by Gasteiger charge is -2.11. The Hall–Kier alpha value is -1.55. The molecular weight excluding hydrogens is 238 g/mol. The Morgan fingerprint density at radius 3 is 2.53 bits per heavy atom. The van der Waals surface area contributed by atoms with Crippen molar-refractivity contribution < 1.29 is 4.52 Å². The predicted octanol–water partition coefficient (Wildman–Crippen LogP) is 3.27. The molecule has 0 amide bonds. The van der Waals surface area contributed by atoms with Crippen molar-refractivity contribution in [1.29, 1.82) is 0 Å². The molecular formula is C12H14ClN3O. The molecule has 5 heteroatoms. The summed E-state index contributed by atoms with van der Waals surface area (Å²) in [6.45, 7) is 6.03. The van der Waals surface area contributed by atoms with Gasteiger partial charge in [0.2, 0.25) is 0 Å². The van der Waals surface area contributed by atoms with E-state index >= 15 is 0 Å². The zero-order valence-corrected chi connectivity index (χ0v) is 10.7. The van der Waals surface area contributed by atoms with E-state index < -0.39 is 0 Å². The minimum atomic E-state index is -0.169. The van der Waals surface area contributed by atoms with E-state index in [1.807, 2.05) is 20.8 Å². The average molecular weight is 252 g/mol.